The van der Waals surface area contributed by atoms with Crippen LogP contribution in [0.5, 0.6) is 5.75 Å². The highest BCUT2D eigenvalue weighted by molar-refractivity contribution is 6.32. The minimum Gasteiger partial charge on any atom is -0.467 e. The average Bonchev–Trinajstić information content (AvgIpc) is 2.59. The third-order valence-corrected chi connectivity index (χ3v) is 4.03. The predicted octanol–water partition coefficient (Wildman–Crippen LogP) is 4.13. The minimum absolute atomic E-state index is 0.0243. The lowest BCUT2D eigenvalue weighted by molar-refractivity contribution is -0.384. The molecule has 2 aromatic carbocycles. The van der Waals surface area contributed by atoms with Gasteiger partial charge in [0.15, 0.2) is 6.79 Å². The molecule has 0 atom stereocenters. The minimum atomic E-state index is -0.722. The van der Waals surface area contributed by atoms with E-state index in [-0.39, 0.29) is 29.7 Å². The maximum Gasteiger partial charge on any atom is 0.338 e. The molecule has 9 heteroatoms. The van der Waals surface area contributed by atoms with E-state index in [1.54, 1.807) is 12.1 Å². The molecule has 0 spiro atoms. The van der Waals surface area contributed by atoms with Gasteiger partial charge in [0.1, 0.15) is 17.4 Å². The number of benzene rings is 2. The van der Waals surface area contributed by atoms with Crippen LogP contribution in [0.4, 0.5) is 5.69 Å². The maximum atomic E-state index is 12.2. The van der Waals surface area contributed by atoms with Gasteiger partial charge in [0, 0.05) is 22.2 Å². The van der Waals surface area contributed by atoms with Crippen molar-refractivity contribution in [3.8, 4) is 5.75 Å². The number of nitro groups is 1. The topological polar surface area (TPSA) is 87.9 Å². The van der Waals surface area contributed by atoms with E-state index in [9.17, 15) is 14.9 Å². The Morgan fingerprint density at radius 2 is 2.08 bits per heavy atom. The van der Waals surface area contributed by atoms with Gasteiger partial charge in [-0.3, -0.25) is 10.1 Å². The molecular weight excluding hydrogens is 373 g/mol. The zero-order valence-corrected chi connectivity index (χ0v) is 14.2. The Morgan fingerprint density at radius 1 is 1.28 bits per heavy atom. The van der Waals surface area contributed by atoms with E-state index in [0.717, 1.165) is 11.6 Å². The first-order chi connectivity index (χ1) is 12.0. The number of rotatable bonds is 4. The molecule has 3 rings (SSSR count). The molecule has 0 aromatic heterocycles. The lowest BCUT2D eigenvalue weighted by atomic mass is 10.1. The van der Waals surface area contributed by atoms with Crippen LogP contribution >= 0.6 is 23.2 Å². The molecule has 1 aliphatic heterocycles. The maximum absolute atomic E-state index is 12.2. The van der Waals surface area contributed by atoms with Crippen LogP contribution in [0.2, 0.25) is 10.0 Å². The summed E-state index contributed by atoms with van der Waals surface area (Å²) in [5.74, 6) is -0.161. The van der Waals surface area contributed by atoms with Gasteiger partial charge in [-0.25, -0.2) is 4.79 Å². The summed E-state index contributed by atoms with van der Waals surface area (Å²) in [7, 11) is 0. The Hall–Kier alpha value is -2.35. The van der Waals surface area contributed by atoms with E-state index in [1.807, 2.05) is 0 Å². The van der Waals surface area contributed by atoms with Crippen LogP contribution in [0, 0.1) is 10.1 Å². The summed E-state index contributed by atoms with van der Waals surface area (Å²) in [5, 5.41) is 11.3. The fraction of sp³-hybridized carbons (Fsp3) is 0.188. The highest BCUT2D eigenvalue weighted by Crippen LogP contribution is 2.32. The number of carbonyl (C=O) groups is 1. The molecule has 0 saturated carbocycles. The Balaban J connectivity index is 1.78. The fourth-order valence-electron chi connectivity index (χ4n) is 2.37. The van der Waals surface area contributed by atoms with Crippen LogP contribution in [0.3, 0.4) is 0 Å². The van der Waals surface area contributed by atoms with Crippen molar-refractivity contribution in [2.75, 3.05) is 6.79 Å². The third kappa shape index (κ3) is 3.84. The zero-order chi connectivity index (χ0) is 18.0. The van der Waals surface area contributed by atoms with E-state index in [1.165, 1.54) is 12.1 Å². The highest BCUT2D eigenvalue weighted by atomic mass is 35.5. The van der Waals surface area contributed by atoms with Gasteiger partial charge in [-0.1, -0.05) is 23.2 Å². The van der Waals surface area contributed by atoms with Gasteiger partial charge in [-0.2, -0.15) is 0 Å². The van der Waals surface area contributed by atoms with E-state index < -0.39 is 10.9 Å². The molecular formula is C16H11Cl2NO6. The van der Waals surface area contributed by atoms with Gasteiger partial charge in [-0.05, 0) is 24.3 Å². The van der Waals surface area contributed by atoms with Crippen LogP contribution in [0.1, 0.15) is 21.5 Å². The van der Waals surface area contributed by atoms with E-state index in [4.69, 9.17) is 37.4 Å². The van der Waals surface area contributed by atoms with Crippen LogP contribution in [-0.2, 0) is 22.7 Å². The van der Waals surface area contributed by atoms with Crippen molar-refractivity contribution in [2.24, 2.45) is 0 Å². The first kappa shape index (κ1) is 17.5. The molecule has 130 valence electrons. The van der Waals surface area contributed by atoms with Crippen molar-refractivity contribution >= 4 is 34.9 Å². The van der Waals surface area contributed by atoms with Crippen molar-refractivity contribution in [1.82, 2.24) is 0 Å². The largest absolute Gasteiger partial charge is 0.467 e. The lowest BCUT2D eigenvalue weighted by Gasteiger charge is -2.21. The number of esters is 1. The summed E-state index contributed by atoms with van der Waals surface area (Å²) in [6.45, 7) is 0.345. The highest BCUT2D eigenvalue weighted by Gasteiger charge is 2.20. The normalized spacial score (nSPS) is 12.9. The van der Waals surface area contributed by atoms with Crippen molar-refractivity contribution in [3.05, 3.63) is 67.2 Å². The molecule has 0 fully saturated rings. The van der Waals surface area contributed by atoms with Crippen molar-refractivity contribution in [1.29, 1.82) is 0 Å². The van der Waals surface area contributed by atoms with Crippen molar-refractivity contribution < 1.29 is 23.9 Å². The fourth-order valence-corrected chi connectivity index (χ4v) is 2.82. The molecule has 0 unspecified atom stereocenters. The number of hydrogen-bond acceptors (Lipinski definition) is 6. The molecule has 2 aromatic rings. The van der Waals surface area contributed by atoms with Crippen LogP contribution < -0.4 is 4.74 Å². The molecule has 7 nitrogen and oxygen atoms in total. The summed E-state index contributed by atoms with van der Waals surface area (Å²) >= 11 is 11.8. The smallest absolute Gasteiger partial charge is 0.338 e. The quantitative estimate of drug-likeness (QED) is 0.448. The van der Waals surface area contributed by atoms with E-state index in [0.29, 0.717) is 22.9 Å². The number of halogens is 2. The first-order valence-corrected chi connectivity index (χ1v) is 7.84. The molecule has 25 heavy (non-hydrogen) atoms. The summed E-state index contributed by atoms with van der Waals surface area (Å²) < 4.78 is 15.8. The Bertz CT molecular complexity index is 855. The Kier molecular flexibility index (Phi) is 5.08. The molecule has 0 saturated heterocycles. The van der Waals surface area contributed by atoms with Gasteiger partial charge in [-0.15, -0.1) is 0 Å². The number of carbonyl (C=O) groups excluding carboxylic acids is 1. The van der Waals surface area contributed by atoms with E-state index in [2.05, 4.69) is 0 Å². The lowest BCUT2D eigenvalue weighted by Crippen LogP contribution is -2.14. The summed E-state index contributed by atoms with van der Waals surface area (Å²) in [5.41, 5.74) is 1.00. The number of nitrogens with zero attached hydrogens (tertiary/aromatic N) is 1. The second-order valence-electron chi connectivity index (χ2n) is 5.16. The van der Waals surface area contributed by atoms with Gasteiger partial charge in [0.05, 0.1) is 17.1 Å². The molecule has 0 radical (unpaired) electrons. The van der Waals surface area contributed by atoms with Crippen LogP contribution in [0.15, 0.2) is 30.3 Å². The van der Waals surface area contributed by atoms with Gasteiger partial charge in [0.25, 0.3) is 5.69 Å². The zero-order valence-electron chi connectivity index (χ0n) is 12.7. The van der Waals surface area contributed by atoms with Gasteiger partial charge in [0.2, 0.25) is 0 Å². The second kappa shape index (κ2) is 7.26. The van der Waals surface area contributed by atoms with Gasteiger partial charge < -0.3 is 14.2 Å². The Labute approximate surface area is 152 Å². The number of ether oxygens (including phenoxy) is 3. The van der Waals surface area contributed by atoms with Crippen molar-refractivity contribution in [2.45, 2.75) is 13.2 Å². The Morgan fingerprint density at radius 3 is 2.84 bits per heavy atom. The standard InChI is InChI=1S/C16H11Cl2NO6/c17-12-3-10-6-23-8-25-15(10)11(4-12)7-24-16(20)9-1-2-13(18)14(5-9)19(21)22/h1-5H,6-8H2. The monoisotopic (exact) mass is 383 g/mol. The molecule has 0 aliphatic carbocycles. The van der Waals surface area contributed by atoms with Crippen molar-refractivity contribution in [3.63, 3.8) is 0 Å². The number of hydrogen-bond donors (Lipinski definition) is 0. The second-order valence-corrected chi connectivity index (χ2v) is 6.01. The predicted molar refractivity (Wildman–Crippen MR) is 89.0 cm³/mol. The SMILES string of the molecule is O=C(OCc1cc(Cl)cc2c1OCOC2)c1ccc(Cl)c([N+](=O)[O-])c1. The molecule has 1 heterocycles. The van der Waals surface area contributed by atoms with E-state index >= 15 is 0 Å². The number of nitro benzene ring substituents is 1. The third-order valence-electron chi connectivity index (χ3n) is 3.49. The molecule has 0 bridgehead atoms. The molecule has 0 amide bonds. The summed E-state index contributed by atoms with van der Waals surface area (Å²) in [6.07, 6.45) is 0. The summed E-state index contributed by atoms with van der Waals surface area (Å²) in [6, 6.07) is 7.04. The molecule has 0 N–H and O–H groups in total. The van der Waals surface area contributed by atoms with Gasteiger partial charge >= 0.3 is 5.97 Å². The first-order valence-electron chi connectivity index (χ1n) is 7.08. The molecule has 1 aliphatic rings. The average molecular weight is 384 g/mol. The number of fused-ring (bicyclic) bond motifs is 1. The van der Waals surface area contributed by atoms with Crippen LogP contribution in [0.25, 0.3) is 0 Å². The van der Waals surface area contributed by atoms with Crippen LogP contribution in [-0.4, -0.2) is 17.7 Å². The summed E-state index contributed by atoms with van der Waals surface area (Å²) in [4.78, 5) is 22.4.